The Kier molecular flexibility index (Phi) is 20.7. The van der Waals surface area contributed by atoms with E-state index in [1.807, 2.05) is 0 Å². The Balaban J connectivity index is 1.90. The maximum atomic E-state index is 14.1. The van der Waals surface area contributed by atoms with Gasteiger partial charge in [-0.3, -0.25) is 48.9 Å². The van der Waals surface area contributed by atoms with Crippen LogP contribution in [0.5, 0.6) is 0 Å². The van der Waals surface area contributed by atoms with Gasteiger partial charge in [0.2, 0.25) is 29.5 Å². The first-order valence-corrected chi connectivity index (χ1v) is 21.4. The molecule has 0 unspecified atom stereocenters. The molecule has 0 aliphatic carbocycles. The molecule has 0 spiro atoms. The first kappa shape index (κ1) is 56.2. The number of carboxylic acids is 3. The van der Waals surface area contributed by atoms with Gasteiger partial charge in [0.15, 0.2) is 18.3 Å². The van der Waals surface area contributed by atoms with Crippen LogP contribution in [0.3, 0.4) is 0 Å². The number of nitrogens with two attached hydrogens (primary N) is 2. The van der Waals surface area contributed by atoms with E-state index in [0.717, 1.165) is 27.7 Å². The molecule has 16 N–H and O–H groups in total. The van der Waals surface area contributed by atoms with E-state index in [-0.39, 0.29) is 25.9 Å². The molecule has 0 radical (unpaired) electrons. The van der Waals surface area contributed by atoms with E-state index in [0.29, 0.717) is 0 Å². The van der Waals surface area contributed by atoms with Crippen LogP contribution in [-0.2, 0) is 66.8 Å². The van der Waals surface area contributed by atoms with Crippen molar-refractivity contribution in [2.75, 3.05) is 13.2 Å². The van der Waals surface area contributed by atoms with Gasteiger partial charge in [-0.15, -0.1) is 0 Å². The second kappa shape index (κ2) is 24.7. The number of carbonyl (C=O) groups excluding carboxylic acids is 6. The van der Waals surface area contributed by atoms with Gasteiger partial charge in [0.1, 0.15) is 78.9 Å². The van der Waals surface area contributed by atoms with Gasteiger partial charge in [0.25, 0.3) is 5.91 Å². The molecule has 3 heterocycles. The molecule has 380 valence electrons. The fraction of sp³-hybridized carbons (Fsp3) is 0.769. The summed E-state index contributed by atoms with van der Waals surface area (Å²) in [7, 11) is 0. The average molecular weight is 965 g/mol. The molecule has 0 aromatic rings. The van der Waals surface area contributed by atoms with Gasteiger partial charge in [-0.1, -0.05) is 13.8 Å². The number of ether oxygens (including phenoxy) is 5. The standard InChI is InChI=1S/C39H64N8O20/c1-14(2)24(33(57)46-20(10-11-23(51)52)32(56)45-19(9-7-8-18(40)35(60)61)31(55)42-15(3)34(58)59)47-38(62)39(6,41)67-30-26(44-17(5)50)36-63-13-22(65-36)29(30)66-37-25(43-16(4)49)28(54)27(53)21(12-48)64-37/h14-15,18-22,24-30,36-37,48,53-54H,7-13,40-41H2,1-6H3,(H,42,55)(H,43,49)(H,44,50)(H,45,56)(H,46,57)(H,47,62)(H,51,52)(H,58,59)(H,60,61)/t15-,18-,19+,20-,21-,22-,24+,25-,26-,27-,28-,29-,30-,36-,37+,39+/m1/s1. The number of nitrogens with one attached hydrogen (secondary N) is 6. The first-order valence-electron chi connectivity index (χ1n) is 21.4. The van der Waals surface area contributed by atoms with Gasteiger partial charge in [0, 0.05) is 20.3 Å². The lowest BCUT2D eigenvalue weighted by atomic mass is 9.95. The quantitative estimate of drug-likeness (QED) is 0.0379. The third-order valence-corrected chi connectivity index (χ3v) is 11.0. The zero-order valence-corrected chi connectivity index (χ0v) is 37.7. The Morgan fingerprint density at radius 3 is 1.90 bits per heavy atom. The van der Waals surface area contributed by atoms with Gasteiger partial charge in [-0.25, -0.2) is 0 Å². The van der Waals surface area contributed by atoms with Crippen LogP contribution in [0.15, 0.2) is 0 Å². The molecular formula is C39H64N8O20. The van der Waals surface area contributed by atoms with Crippen LogP contribution in [0.2, 0.25) is 0 Å². The van der Waals surface area contributed by atoms with Crippen LogP contribution in [0.4, 0.5) is 0 Å². The highest BCUT2D eigenvalue weighted by Gasteiger charge is 2.57. The minimum atomic E-state index is -2.43. The minimum Gasteiger partial charge on any atom is -0.481 e. The Hall–Kier alpha value is -5.17. The Bertz CT molecular complexity index is 1810. The molecule has 0 aromatic carbocycles. The summed E-state index contributed by atoms with van der Waals surface area (Å²) < 4.78 is 29.8. The van der Waals surface area contributed by atoms with Crippen LogP contribution in [0.1, 0.15) is 73.6 Å². The molecule has 3 aliphatic rings. The number of carbonyl (C=O) groups is 9. The third kappa shape index (κ3) is 15.7. The molecule has 28 heteroatoms. The molecule has 2 bridgehead atoms. The van der Waals surface area contributed by atoms with E-state index in [2.05, 4.69) is 31.9 Å². The van der Waals surface area contributed by atoms with Crippen LogP contribution >= 0.6 is 0 Å². The van der Waals surface area contributed by atoms with E-state index in [9.17, 15) is 68.7 Å². The third-order valence-electron chi connectivity index (χ3n) is 11.0. The number of hydrogen-bond donors (Lipinski definition) is 14. The molecule has 67 heavy (non-hydrogen) atoms. The summed E-state index contributed by atoms with van der Waals surface area (Å²) in [6.45, 7) is 6.56. The summed E-state index contributed by atoms with van der Waals surface area (Å²) >= 11 is 0. The van der Waals surface area contributed by atoms with Gasteiger partial charge in [0.05, 0.1) is 13.2 Å². The van der Waals surface area contributed by atoms with Crippen molar-refractivity contribution in [3.8, 4) is 0 Å². The van der Waals surface area contributed by atoms with Crippen molar-refractivity contribution in [2.24, 2.45) is 17.4 Å². The zero-order valence-electron chi connectivity index (χ0n) is 37.7. The predicted octanol–water partition coefficient (Wildman–Crippen LogP) is -6.22. The second-order valence-corrected chi connectivity index (χ2v) is 17.0. The van der Waals surface area contributed by atoms with Crippen LogP contribution in [-0.4, -0.2) is 194 Å². The highest BCUT2D eigenvalue weighted by Crippen LogP contribution is 2.36. The van der Waals surface area contributed by atoms with Crippen LogP contribution in [0, 0.1) is 5.92 Å². The maximum absolute atomic E-state index is 14.1. The smallest absolute Gasteiger partial charge is 0.325 e. The Morgan fingerprint density at radius 1 is 0.761 bits per heavy atom. The van der Waals surface area contributed by atoms with E-state index in [1.165, 1.54) is 13.8 Å². The first-order chi connectivity index (χ1) is 31.2. The topological polar surface area (TPSA) is 445 Å². The predicted molar refractivity (Wildman–Crippen MR) is 222 cm³/mol. The fourth-order valence-corrected chi connectivity index (χ4v) is 7.34. The summed E-state index contributed by atoms with van der Waals surface area (Å²) in [4.78, 5) is 114. The van der Waals surface area contributed by atoms with Gasteiger partial charge in [-0.2, -0.15) is 0 Å². The number of aliphatic hydroxyl groups is 3. The van der Waals surface area contributed by atoms with Crippen molar-refractivity contribution in [2.45, 2.75) is 171 Å². The molecule has 28 nitrogen and oxygen atoms in total. The Morgan fingerprint density at radius 2 is 1.34 bits per heavy atom. The van der Waals surface area contributed by atoms with Crippen LogP contribution < -0.4 is 43.4 Å². The molecule has 6 amide bonds. The van der Waals surface area contributed by atoms with E-state index in [1.54, 1.807) is 0 Å². The summed E-state index contributed by atoms with van der Waals surface area (Å²) in [6, 6.07) is -10.2. The van der Waals surface area contributed by atoms with E-state index < -0.39 is 176 Å². The number of aliphatic hydroxyl groups excluding tert-OH is 3. The van der Waals surface area contributed by atoms with Crippen molar-refractivity contribution in [1.29, 1.82) is 0 Å². The molecule has 0 saturated carbocycles. The molecule has 16 atom stereocenters. The number of aliphatic carboxylic acids is 3. The molecule has 3 saturated heterocycles. The summed E-state index contributed by atoms with van der Waals surface area (Å²) in [5, 5.41) is 73.7. The van der Waals surface area contributed by atoms with Crippen molar-refractivity contribution in [1.82, 2.24) is 31.9 Å². The van der Waals surface area contributed by atoms with Crippen molar-refractivity contribution in [3.05, 3.63) is 0 Å². The van der Waals surface area contributed by atoms with Crippen molar-refractivity contribution >= 4 is 53.4 Å². The average Bonchev–Trinajstić information content (AvgIpc) is 3.68. The molecule has 3 fully saturated rings. The summed E-state index contributed by atoms with van der Waals surface area (Å²) in [5.41, 5.74) is 9.63. The number of carboxylic acid groups (broad SMARTS) is 3. The Labute approximate surface area is 383 Å². The van der Waals surface area contributed by atoms with E-state index >= 15 is 0 Å². The lowest BCUT2D eigenvalue weighted by Crippen LogP contribution is -2.70. The highest BCUT2D eigenvalue weighted by molar-refractivity contribution is 5.96. The van der Waals surface area contributed by atoms with Crippen molar-refractivity contribution < 1.29 is 97.5 Å². The normalized spacial score (nSPS) is 28.8. The number of fused-ring (bicyclic) bond motifs is 2. The molecule has 3 aliphatic heterocycles. The lowest BCUT2D eigenvalue weighted by Gasteiger charge is -2.47. The van der Waals surface area contributed by atoms with Crippen LogP contribution in [0.25, 0.3) is 0 Å². The maximum Gasteiger partial charge on any atom is 0.325 e. The molecular weight excluding hydrogens is 900 g/mol. The van der Waals surface area contributed by atoms with Crippen molar-refractivity contribution in [3.63, 3.8) is 0 Å². The van der Waals surface area contributed by atoms with E-state index in [4.69, 9.17) is 40.3 Å². The fourth-order valence-electron chi connectivity index (χ4n) is 7.34. The SMILES string of the molecule is CC(=O)N[C@H]1[C@H](O[C@H]2[C@H](O[C@](C)(N)C(=O)N[C@H](C(=O)N[C@H](CCC(=O)O)C(=O)N[C@@H](CCC[C@@H](N)C(=O)O)C(=O)N[C@H](C)C(=O)O)C(C)C)[C@@H](NC(C)=O)[C@@H]3OC[C@H]2O3)O[C@H](CO)[C@@H](O)[C@@H]1O. The molecule has 0 aromatic heterocycles. The lowest BCUT2D eigenvalue weighted by molar-refractivity contribution is -0.316. The van der Waals surface area contributed by atoms with Gasteiger partial charge < -0.3 is 92.0 Å². The number of hydrogen-bond acceptors (Lipinski definition) is 19. The number of amides is 6. The van der Waals surface area contributed by atoms with Gasteiger partial charge >= 0.3 is 17.9 Å². The molecule has 3 rings (SSSR count). The largest absolute Gasteiger partial charge is 0.481 e. The highest BCUT2D eigenvalue weighted by atomic mass is 16.8. The zero-order chi connectivity index (χ0) is 50.7. The van der Waals surface area contributed by atoms with Gasteiger partial charge in [-0.05, 0) is 45.4 Å². The minimum absolute atomic E-state index is 0.0507. The monoisotopic (exact) mass is 964 g/mol. The number of rotatable bonds is 25. The second-order valence-electron chi connectivity index (χ2n) is 17.0. The summed E-state index contributed by atoms with van der Waals surface area (Å²) in [5.74, 6) is -10.5. The summed E-state index contributed by atoms with van der Waals surface area (Å²) in [6.07, 6.45) is -13.2.